The smallest absolute Gasteiger partial charge is 0.231 e. The van der Waals surface area contributed by atoms with Crippen molar-refractivity contribution in [2.75, 3.05) is 25.2 Å². The first-order valence-electron chi connectivity index (χ1n) is 9.39. The third-order valence-electron chi connectivity index (χ3n) is 4.57. The Hall–Kier alpha value is -3.45. The summed E-state index contributed by atoms with van der Waals surface area (Å²) >= 11 is 6.14. The van der Waals surface area contributed by atoms with Crippen LogP contribution in [0.4, 0.5) is 5.82 Å². The van der Waals surface area contributed by atoms with Crippen molar-refractivity contribution in [3.63, 3.8) is 0 Å². The van der Waals surface area contributed by atoms with Crippen molar-refractivity contribution >= 4 is 23.3 Å². The number of hydrogen-bond acceptors (Lipinski definition) is 6. The van der Waals surface area contributed by atoms with Gasteiger partial charge in [-0.3, -0.25) is 4.79 Å². The van der Waals surface area contributed by atoms with Crippen LogP contribution in [-0.4, -0.2) is 35.9 Å². The average Bonchev–Trinajstić information content (AvgIpc) is 3.21. The van der Waals surface area contributed by atoms with Gasteiger partial charge in [0.2, 0.25) is 12.7 Å². The van der Waals surface area contributed by atoms with Crippen molar-refractivity contribution in [3.05, 3.63) is 53.6 Å². The molecule has 8 heteroatoms. The van der Waals surface area contributed by atoms with E-state index < -0.39 is 0 Å². The van der Waals surface area contributed by atoms with Crippen molar-refractivity contribution in [1.29, 1.82) is 0 Å². The van der Waals surface area contributed by atoms with Gasteiger partial charge in [-0.05, 0) is 42.0 Å². The molecule has 2 heterocycles. The van der Waals surface area contributed by atoms with Crippen LogP contribution in [0.15, 0.2) is 48.5 Å². The maximum absolute atomic E-state index is 11.1. The number of fused-ring (bicyclic) bond motifs is 1. The fourth-order valence-electron chi connectivity index (χ4n) is 3.21. The largest absolute Gasteiger partial charge is 0.507 e. The fourth-order valence-corrected chi connectivity index (χ4v) is 3.39. The Morgan fingerprint density at radius 1 is 1.13 bits per heavy atom. The third-order valence-corrected chi connectivity index (χ3v) is 4.81. The van der Waals surface area contributed by atoms with E-state index in [0.29, 0.717) is 46.7 Å². The van der Waals surface area contributed by atoms with Gasteiger partial charge in [0.05, 0.1) is 5.69 Å². The lowest BCUT2D eigenvalue weighted by atomic mass is 10.0. The van der Waals surface area contributed by atoms with E-state index in [9.17, 15) is 9.90 Å². The molecule has 4 rings (SSSR count). The van der Waals surface area contributed by atoms with E-state index in [-0.39, 0.29) is 18.4 Å². The third kappa shape index (κ3) is 4.26. The van der Waals surface area contributed by atoms with Crippen LogP contribution in [0.1, 0.15) is 6.92 Å². The minimum atomic E-state index is -0.0972. The first kappa shape index (κ1) is 19.8. The van der Waals surface area contributed by atoms with Gasteiger partial charge in [0.25, 0.3) is 0 Å². The van der Waals surface area contributed by atoms with Gasteiger partial charge in [-0.15, -0.1) is 0 Å². The lowest BCUT2D eigenvalue weighted by Crippen LogP contribution is -2.26. The summed E-state index contributed by atoms with van der Waals surface area (Å²) in [5.41, 5.74) is 2.74. The number of anilines is 1. The predicted octanol–water partition coefficient (Wildman–Crippen LogP) is 4.05. The Kier molecular flexibility index (Phi) is 5.63. The number of nitrogens with one attached hydrogen (secondary N) is 2. The molecular formula is C22H20ClN3O4. The maximum Gasteiger partial charge on any atom is 0.231 e. The molecule has 0 radical (unpaired) electrons. The Morgan fingerprint density at radius 3 is 2.83 bits per heavy atom. The molecule has 0 spiro atoms. The number of hydrogen-bond donors (Lipinski definition) is 3. The molecule has 30 heavy (non-hydrogen) atoms. The number of phenols is 1. The van der Waals surface area contributed by atoms with E-state index in [1.54, 1.807) is 12.1 Å². The van der Waals surface area contributed by atoms with Crippen molar-refractivity contribution in [2.24, 2.45) is 0 Å². The molecule has 0 aliphatic carbocycles. The molecule has 0 saturated carbocycles. The number of para-hydroxylation sites is 1. The number of carbonyl (C=O) groups excluding carboxylic acids is 1. The number of carbonyl (C=O) groups is 1. The lowest BCUT2D eigenvalue weighted by molar-refractivity contribution is -0.118. The summed E-state index contributed by atoms with van der Waals surface area (Å²) in [4.78, 5) is 15.7. The number of aromatic hydroxyl groups is 1. The van der Waals surface area contributed by atoms with E-state index >= 15 is 0 Å². The molecule has 1 aromatic heterocycles. The molecule has 0 unspecified atom stereocenters. The van der Waals surface area contributed by atoms with Crippen LogP contribution in [0.3, 0.4) is 0 Å². The van der Waals surface area contributed by atoms with E-state index in [4.69, 9.17) is 21.1 Å². The standard InChI is InChI=1S/C22H20ClN3O4/c1-13(27)24-7-8-25-21-10-14(16-3-2-4-20-22(16)30-12-29-20)9-18(26-21)17-11-15(23)5-6-19(17)28/h2-6,9-11,28H,7-8,12H2,1H3,(H,24,27)(H,25,26). The van der Waals surface area contributed by atoms with Crippen molar-refractivity contribution in [1.82, 2.24) is 10.3 Å². The van der Waals surface area contributed by atoms with Gasteiger partial charge in [-0.25, -0.2) is 4.98 Å². The predicted molar refractivity (Wildman–Crippen MR) is 115 cm³/mol. The minimum Gasteiger partial charge on any atom is -0.507 e. The van der Waals surface area contributed by atoms with E-state index in [1.807, 2.05) is 30.3 Å². The van der Waals surface area contributed by atoms with Crippen molar-refractivity contribution in [3.8, 4) is 39.6 Å². The number of pyridine rings is 1. The van der Waals surface area contributed by atoms with Gasteiger partial charge < -0.3 is 25.2 Å². The lowest BCUT2D eigenvalue weighted by Gasteiger charge is -2.13. The molecule has 3 aromatic rings. The Bertz CT molecular complexity index is 1100. The van der Waals surface area contributed by atoms with Crippen molar-refractivity contribution < 1.29 is 19.4 Å². The average molecular weight is 426 g/mol. The molecule has 7 nitrogen and oxygen atoms in total. The van der Waals surface area contributed by atoms with Crippen LogP contribution < -0.4 is 20.1 Å². The zero-order valence-electron chi connectivity index (χ0n) is 16.2. The zero-order chi connectivity index (χ0) is 21.1. The second-order valence-corrected chi connectivity index (χ2v) is 7.17. The molecule has 0 saturated heterocycles. The van der Waals surface area contributed by atoms with Crippen LogP contribution in [0.5, 0.6) is 17.2 Å². The monoisotopic (exact) mass is 425 g/mol. The number of rotatable bonds is 6. The Labute approximate surface area is 178 Å². The summed E-state index contributed by atoms with van der Waals surface area (Å²) in [7, 11) is 0. The van der Waals surface area contributed by atoms with Gasteiger partial charge in [0.1, 0.15) is 11.6 Å². The Morgan fingerprint density at radius 2 is 2.00 bits per heavy atom. The number of aromatic nitrogens is 1. The molecular weight excluding hydrogens is 406 g/mol. The highest BCUT2D eigenvalue weighted by Crippen LogP contribution is 2.43. The highest BCUT2D eigenvalue weighted by atomic mass is 35.5. The maximum atomic E-state index is 11.1. The molecule has 0 fully saturated rings. The number of amides is 1. The quantitative estimate of drug-likeness (QED) is 0.516. The van der Waals surface area contributed by atoms with Crippen LogP contribution in [0.25, 0.3) is 22.4 Å². The number of halogens is 1. The highest BCUT2D eigenvalue weighted by molar-refractivity contribution is 6.31. The van der Waals surface area contributed by atoms with Crippen LogP contribution >= 0.6 is 11.6 Å². The second-order valence-electron chi connectivity index (χ2n) is 6.74. The van der Waals surface area contributed by atoms with E-state index in [0.717, 1.165) is 11.1 Å². The topological polar surface area (TPSA) is 92.7 Å². The summed E-state index contributed by atoms with van der Waals surface area (Å²) in [6.45, 7) is 2.58. The number of ether oxygens (including phenoxy) is 2. The van der Waals surface area contributed by atoms with Crippen molar-refractivity contribution in [2.45, 2.75) is 6.92 Å². The fraction of sp³-hybridized carbons (Fsp3) is 0.182. The molecule has 1 aliphatic rings. The first-order chi connectivity index (χ1) is 14.5. The van der Waals surface area contributed by atoms with Gasteiger partial charge in [0.15, 0.2) is 11.5 Å². The molecule has 0 atom stereocenters. The number of benzene rings is 2. The number of nitrogens with zero attached hydrogens (tertiary/aromatic N) is 1. The van der Waals surface area contributed by atoms with Crippen LogP contribution in [0.2, 0.25) is 5.02 Å². The second kappa shape index (κ2) is 8.51. The van der Waals surface area contributed by atoms with Gasteiger partial charge >= 0.3 is 0 Å². The highest BCUT2D eigenvalue weighted by Gasteiger charge is 2.20. The SMILES string of the molecule is CC(=O)NCCNc1cc(-c2cccc3c2OCO3)cc(-c2cc(Cl)ccc2O)n1. The van der Waals surface area contributed by atoms with Gasteiger partial charge in [0, 0.05) is 36.2 Å². The summed E-state index contributed by atoms with van der Waals surface area (Å²) in [6, 6.07) is 14.2. The minimum absolute atomic E-state index is 0.0751. The molecule has 0 bridgehead atoms. The van der Waals surface area contributed by atoms with Crippen LogP contribution in [0, 0.1) is 0 Å². The summed E-state index contributed by atoms with van der Waals surface area (Å²) in [5, 5.41) is 16.8. The normalized spacial score (nSPS) is 11.9. The number of phenolic OH excluding ortho intramolecular Hbond substituents is 1. The first-order valence-corrected chi connectivity index (χ1v) is 9.77. The summed E-state index contributed by atoms with van der Waals surface area (Å²) in [6.07, 6.45) is 0. The van der Waals surface area contributed by atoms with E-state index in [2.05, 4.69) is 15.6 Å². The zero-order valence-corrected chi connectivity index (χ0v) is 17.0. The molecule has 154 valence electrons. The van der Waals surface area contributed by atoms with E-state index in [1.165, 1.54) is 13.0 Å². The molecule has 1 aliphatic heterocycles. The van der Waals surface area contributed by atoms with Gasteiger partial charge in [-0.1, -0.05) is 23.7 Å². The Balaban J connectivity index is 1.76. The summed E-state index contributed by atoms with van der Waals surface area (Å²) < 4.78 is 11.1. The molecule has 1 amide bonds. The summed E-state index contributed by atoms with van der Waals surface area (Å²) in [5.74, 6) is 1.90. The van der Waals surface area contributed by atoms with Crippen LogP contribution in [-0.2, 0) is 4.79 Å². The molecule has 2 aromatic carbocycles. The van der Waals surface area contributed by atoms with Gasteiger partial charge in [-0.2, -0.15) is 0 Å². The molecule has 3 N–H and O–H groups in total.